The fraction of sp³-hybridized carbons (Fsp3) is 0.435. The lowest BCUT2D eigenvalue weighted by Crippen LogP contribution is -2.50. The molecule has 2 aliphatic heterocycles. The number of carbonyl (C=O) groups is 4. The van der Waals surface area contributed by atoms with Gasteiger partial charge in [0.05, 0.1) is 0 Å². The summed E-state index contributed by atoms with van der Waals surface area (Å²) in [5, 5.41) is 0.864. The smallest absolute Gasteiger partial charge is 0.261 e. The van der Waals surface area contributed by atoms with Crippen molar-refractivity contribution < 1.29 is 19.2 Å². The summed E-state index contributed by atoms with van der Waals surface area (Å²) in [6, 6.07) is 27.5. The van der Waals surface area contributed by atoms with Gasteiger partial charge in [-0.3, -0.25) is 29.0 Å². The molecule has 0 fully saturated rings. The molecule has 0 saturated carbocycles. The predicted octanol–water partition coefficient (Wildman–Crippen LogP) is 10.7. The minimum Gasteiger partial charge on any atom is -0.273 e. The lowest BCUT2D eigenvalue weighted by Gasteiger charge is -2.41. The molecule has 52 heavy (non-hydrogen) atoms. The van der Waals surface area contributed by atoms with E-state index in [2.05, 4.69) is 52.0 Å². The Bertz CT molecular complexity index is 1710. The minimum atomic E-state index is -0.381. The number of rotatable bonds is 18. The van der Waals surface area contributed by atoms with Gasteiger partial charge in [0.2, 0.25) is 0 Å². The third-order valence-corrected chi connectivity index (χ3v) is 11.8. The summed E-state index contributed by atoms with van der Waals surface area (Å²) in [6.07, 6.45) is 11.4. The molecule has 0 atom stereocenters. The quantitative estimate of drug-likeness (QED) is 0.0970. The number of hydrogen-bond donors (Lipinski definition) is 0. The maximum absolute atomic E-state index is 14.5. The van der Waals surface area contributed by atoms with Gasteiger partial charge >= 0.3 is 0 Å². The van der Waals surface area contributed by atoms with Crippen LogP contribution in [0.5, 0.6) is 0 Å². The van der Waals surface area contributed by atoms with E-state index in [1.807, 2.05) is 36.4 Å². The first kappa shape index (κ1) is 37.2. The third-order valence-electron chi connectivity index (χ3n) is 11.8. The maximum atomic E-state index is 14.5. The minimum absolute atomic E-state index is 0.280. The van der Waals surface area contributed by atoms with E-state index in [4.69, 9.17) is 0 Å². The zero-order valence-corrected chi connectivity index (χ0v) is 31.5. The molecule has 4 aromatic rings. The average molecular weight is 699 g/mol. The van der Waals surface area contributed by atoms with Crippen molar-refractivity contribution in [1.82, 2.24) is 9.80 Å². The summed E-state index contributed by atoms with van der Waals surface area (Å²) < 4.78 is 0. The van der Waals surface area contributed by atoms with Gasteiger partial charge in [0.25, 0.3) is 23.6 Å². The molecular weight excluding hydrogens is 645 g/mol. The van der Waals surface area contributed by atoms with Crippen LogP contribution in [0.1, 0.15) is 157 Å². The first-order valence-corrected chi connectivity index (χ1v) is 19.7. The molecule has 0 bridgehead atoms. The van der Waals surface area contributed by atoms with Gasteiger partial charge in [0.15, 0.2) is 0 Å². The van der Waals surface area contributed by atoms with Crippen LogP contribution in [0.4, 0.5) is 0 Å². The molecule has 0 saturated heterocycles. The molecule has 6 rings (SSSR count). The van der Waals surface area contributed by atoms with Gasteiger partial charge in [-0.25, -0.2) is 0 Å². The van der Waals surface area contributed by atoms with Crippen LogP contribution in [-0.2, 0) is 10.8 Å². The Morgan fingerprint density at radius 2 is 0.673 bits per heavy atom. The molecule has 2 heterocycles. The second-order valence-electron chi connectivity index (χ2n) is 15.2. The first-order chi connectivity index (χ1) is 25.3. The third kappa shape index (κ3) is 6.73. The van der Waals surface area contributed by atoms with Gasteiger partial charge < -0.3 is 0 Å². The van der Waals surface area contributed by atoms with Crippen molar-refractivity contribution in [2.75, 3.05) is 13.1 Å². The molecule has 0 radical (unpaired) electrons. The Hall–Kier alpha value is -4.58. The highest BCUT2D eigenvalue weighted by Crippen LogP contribution is 2.43. The number of hydrogen-bond acceptors (Lipinski definition) is 4. The van der Waals surface area contributed by atoms with Gasteiger partial charge in [-0.1, -0.05) is 140 Å². The van der Waals surface area contributed by atoms with Crippen LogP contribution in [0.3, 0.4) is 0 Å². The predicted molar refractivity (Wildman–Crippen MR) is 209 cm³/mol. The van der Waals surface area contributed by atoms with E-state index in [-0.39, 0.29) is 47.5 Å². The standard InChI is InChI=1S/C46H54N2O4/c1-5-9-27-45(28-10-6-2,33-19-15-13-16-20-33)31-47-41(49)35-23-25-37-40-38(26-24-36(39(35)40)42(47)50)44(52)48(43(37)51)32-46(29-11-7-3,30-12-8-4)34-21-17-14-18-22-34/h13-26H,5-12,27-32H2,1-4H3. The van der Waals surface area contributed by atoms with E-state index in [0.717, 1.165) is 88.2 Å². The Morgan fingerprint density at radius 3 is 0.923 bits per heavy atom. The number of unbranched alkanes of at least 4 members (excludes halogenated alkanes) is 4. The van der Waals surface area contributed by atoms with E-state index in [0.29, 0.717) is 33.0 Å². The van der Waals surface area contributed by atoms with Crippen molar-refractivity contribution in [2.24, 2.45) is 0 Å². The van der Waals surface area contributed by atoms with Crippen LogP contribution in [0.15, 0.2) is 84.9 Å². The number of benzene rings is 4. The lowest BCUT2D eigenvalue weighted by atomic mass is 9.71. The Labute approximate surface area is 309 Å². The maximum Gasteiger partial charge on any atom is 0.261 e. The highest BCUT2D eigenvalue weighted by molar-refractivity contribution is 6.33. The van der Waals surface area contributed by atoms with Crippen LogP contribution in [-0.4, -0.2) is 46.5 Å². The van der Waals surface area contributed by atoms with E-state index in [1.54, 1.807) is 24.3 Å². The molecule has 0 spiro atoms. The van der Waals surface area contributed by atoms with Crippen LogP contribution in [0.2, 0.25) is 0 Å². The van der Waals surface area contributed by atoms with E-state index >= 15 is 0 Å². The molecule has 2 aliphatic rings. The molecule has 0 N–H and O–H groups in total. The van der Waals surface area contributed by atoms with Crippen LogP contribution < -0.4 is 0 Å². The molecule has 0 aromatic heterocycles. The van der Waals surface area contributed by atoms with Gasteiger partial charge in [-0.15, -0.1) is 0 Å². The van der Waals surface area contributed by atoms with Crippen molar-refractivity contribution in [2.45, 2.75) is 116 Å². The highest BCUT2D eigenvalue weighted by Gasteiger charge is 2.45. The van der Waals surface area contributed by atoms with Crippen LogP contribution in [0, 0.1) is 0 Å². The fourth-order valence-corrected chi connectivity index (χ4v) is 8.84. The Kier molecular flexibility index (Phi) is 11.4. The summed E-state index contributed by atoms with van der Waals surface area (Å²) in [7, 11) is 0. The number of amides is 4. The monoisotopic (exact) mass is 698 g/mol. The summed E-state index contributed by atoms with van der Waals surface area (Å²) in [5.41, 5.74) is 3.04. The van der Waals surface area contributed by atoms with E-state index in [9.17, 15) is 19.2 Å². The van der Waals surface area contributed by atoms with Crippen molar-refractivity contribution in [3.8, 4) is 0 Å². The molecule has 4 aromatic carbocycles. The number of carbonyl (C=O) groups excluding carboxylic acids is 4. The van der Waals surface area contributed by atoms with Gasteiger partial charge in [-0.05, 0) is 61.1 Å². The highest BCUT2D eigenvalue weighted by atomic mass is 16.2. The van der Waals surface area contributed by atoms with Crippen molar-refractivity contribution in [3.05, 3.63) is 118 Å². The summed E-state index contributed by atoms with van der Waals surface area (Å²) in [5.74, 6) is -1.45. The Morgan fingerprint density at radius 1 is 0.404 bits per heavy atom. The molecule has 0 unspecified atom stereocenters. The summed E-state index contributed by atoms with van der Waals surface area (Å²) >= 11 is 0. The largest absolute Gasteiger partial charge is 0.273 e. The Balaban J connectivity index is 1.40. The summed E-state index contributed by atoms with van der Waals surface area (Å²) in [6.45, 7) is 9.24. The van der Waals surface area contributed by atoms with E-state index in [1.165, 1.54) is 9.80 Å². The first-order valence-electron chi connectivity index (χ1n) is 19.7. The van der Waals surface area contributed by atoms with Gasteiger partial charge in [0.1, 0.15) is 0 Å². The van der Waals surface area contributed by atoms with Gasteiger partial charge in [0, 0.05) is 56.9 Å². The zero-order chi connectivity index (χ0) is 36.9. The van der Waals surface area contributed by atoms with Crippen molar-refractivity contribution >= 4 is 34.4 Å². The normalized spacial score (nSPS) is 14.5. The van der Waals surface area contributed by atoms with Crippen LogP contribution >= 0.6 is 0 Å². The number of imide groups is 2. The fourth-order valence-electron chi connectivity index (χ4n) is 8.84. The second-order valence-corrected chi connectivity index (χ2v) is 15.2. The van der Waals surface area contributed by atoms with Crippen molar-refractivity contribution in [1.29, 1.82) is 0 Å². The van der Waals surface area contributed by atoms with Gasteiger partial charge in [-0.2, -0.15) is 0 Å². The lowest BCUT2D eigenvalue weighted by molar-refractivity contribution is 0.0537. The topological polar surface area (TPSA) is 74.8 Å². The zero-order valence-electron chi connectivity index (χ0n) is 31.5. The summed E-state index contributed by atoms with van der Waals surface area (Å²) in [4.78, 5) is 60.9. The molecule has 272 valence electrons. The second kappa shape index (κ2) is 16.0. The molecule has 4 amide bonds. The molecular formula is C46H54N2O4. The SMILES string of the molecule is CCCCC(CCCC)(CN1C(=O)c2ccc3c4c(ccc(c24)C1=O)C(=O)N(CC(CCCC)(CCCC)c1ccccc1)C3=O)c1ccccc1. The average Bonchev–Trinajstić information content (AvgIpc) is 3.18. The molecule has 0 aliphatic carbocycles. The number of nitrogens with zero attached hydrogens (tertiary/aromatic N) is 2. The molecule has 6 nitrogen and oxygen atoms in total. The molecule has 6 heteroatoms. The van der Waals surface area contributed by atoms with Crippen LogP contribution in [0.25, 0.3) is 10.8 Å². The van der Waals surface area contributed by atoms with E-state index < -0.39 is 0 Å². The van der Waals surface area contributed by atoms with Crippen molar-refractivity contribution in [3.63, 3.8) is 0 Å².